The molecule has 152 valence electrons. The van der Waals surface area contributed by atoms with Gasteiger partial charge in [-0.1, -0.05) is 6.07 Å². The summed E-state index contributed by atoms with van der Waals surface area (Å²) in [5.41, 5.74) is 1.73. The lowest BCUT2D eigenvalue weighted by Gasteiger charge is -2.35. The van der Waals surface area contributed by atoms with Gasteiger partial charge in [0.15, 0.2) is 0 Å². The van der Waals surface area contributed by atoms with Gasteiger partial charge >= 0.3 is 12.0 Å². The van der Waals surface area contributed by atoms with E-state index in [1.165, 1.54) is 0 Å². The maximum Gasteiger partial charge on any atom is 0.319 e. The summed E-state index contributed by atoms with van der Waals surface area (Å²) in [4.78, 5) is 38.8. The number of hydrogen-bond acceptors (Lipinski definition) is 4. The van der Waals surface area contributed by atoms with Gasteiger partial charge in [-0.2, -0.15) is 0 Å². The Bertz CT molecular complexity index is 723. The second-order valence-corrected chi connectivity index (χ2v) is 7.53. The fraction of sp³-hybridized carbons (Fsp3) is 0.550. The summed E-state index contributed by atoms with van der Waals surface area (Å²) in [5.74, 6) is -0.936. The lowest BCUT2D eigenvalue weighted by atomic mass is 9.86. The molecule has 0 spiro atoms. The topological polar surface area (TPSA) is 102 Å². The molecule has 1 heterocycles. The van der Waals surface area contributed by atoms with E-state index in [1.807, 2.05) is 29.2 Å². The number of nitrogens with zero attached hydrogens (tertiary/aromatic N) is 2. The summed E-state index contributed by atoms with van der Waals surface area (Å²) in [5, 5.41) is 14.9. The summed E-state index contributed by atoms with van der Waals surface area (Å²) in [6, 6.07) is 7.43. The number of aliphatic carboxylic acids is 1. The van der Waals surface area contributed by atoms with Gasteiger partial charge in [0.05, 0.1) is 5.92 Å². The molecule has 0 unspecified atom stereocenters. The highest BCUT2D eigenvalue weighted by Gasteiger charge is 2.26. The van der Waals surface area contributed by atoms with Crippen molar-refractivity contribution in [2.75, 3.05) is 36.4 Å². The third-order valence-corrected chi connectivity index (χ3v) is 5.61. The third-order valence-electron chi connectivity index (χ3n) is 5.61. The minimum absolute atomic E-state index is 0.0124. The standard InChI is InChI=1S/C20H28N4O4/c1-14(25)23-9-11-24(12-10-23)18-4-2-3-17(13-18)22-20(28)21-16-7-5-15(6-8-16)19(26)27/h2-4,13,15-16H,5-12H2,1H3,(H,26,27)(H2,21,22,28). The van der Waals surface area contributed by atoms with Crippen LogP contribution in [-0.2, 0) is 9.59 Å². The number of hydrogen-bond donors (Lipinski definition) is 3. The number of piperazine rings is 1. The summed E-state index contributed by atoms with van der Waals surface area (Å²) >= 11 is 0. The number of carbonyl (C=O) groups excluding carboxylic acids is 2. The van der Waals surface area contributed by atoms with Crippen molar-refractivity contribution in [1.29, 1.82) is 0 Å². The molecule has 0 aromatic heterocycles. The minimum Gasteiger partial charge on any atom is -0.481 e. The second kappa shape index (κ2) is 8.95. The molecule has 1 aliphatic carbocycles. The Morgan fingerprint density at radius 3 is 2.32 bits per heavy atom. The van der Waals surface area contributed by atoms with Gasteiger partial charge in [-0.05, 0) is 43.9 Å². The predicted molar refractivity (Wildman–Crippen MR) is 106 cm³/mol. The molecule has 0 atom stereocenters. The fourth-order valence-electron chi connectivity index (χ4n) is 3.90. The average Bonchev–Trinajstić information content (AvgIpc) is 2.68. The van der Waals surface area contributed by atoms with Gasteiger partial charge in [0, 0.05) is 50.5 Å². The zero-order chi connectivity index (χ0) is 20.1. The Morgan fingerprint density at radius 1 is 1.04 bits per heavy atom. The molecule has 1 aliphatic heterocycles. The van der Waals surface area contributed by atoms with Crippen molar-refractivity contribution < 1.29 is 19.5 Å². The van der Waals surface area contributed by atoms with Crippen LogP contribution in [-0.4, -0.2) is 60.1 Å². The van der Waals surface area contributed by atoms with E-state index in [9.17, 15) is 14.4 Å². The number of carbonyl (C=O) groups is 3. The number of carboxylic acid groups (broad SMARTS) is 1. The van der Waals surface area contributed by atoms with E-state index in [4.69, 9.17) is 5.11 Å². The molecule has 2 aliphatic rings. The van der Waals surface area contributed by atoms with Gasteiger partial charge in [0.2, 0.25) is 5.91 Å². The first-order valence-corrected chi connectivity index (χ1v) is 9.83. The van der Waals surface area contributed by atoms with E-state index in [-0.39, 0.29) is 23.9 Å². The Hall–Kier alpha value is -2.77. The second-order valence-electron chi connectivity index (χ2n) is 7.53. The van der Waals surface area contributed by atoms with Crippen LogP contribution >= 0.6 is 0 Å². The molecule has 1 aromatic rings. The Kier molecular flexibility index (Phi) is 6.38. The highest BCUT2D eigenvalue weighted by atomic mass is 16.4. The van der Waals surface area contributed by atoms with Crippen LogP contribution in [0.3, 0.4) is 0 Å². The number of nitrogens with one attached hydrogen (secondary N) is 2. The molecule has 2 fully saturated rings. The van der Waals surface area contributed by atoms with Gasteiger partial charge in [0.25, 0.3) is 0 Å². The fourth-order valence-corrected chi connectivity index (χ4v) is 3.90. The van der Waals surface area contributed by atoms with Gasteiger partial charge in [-0.25, -0.2) is 4.79 Å². The monoisotopic (exact) mass is 388 g/mol. The number of benzene rings is 1. The van der Waals surface area contributed by atoms with E-state index in [2.05, 4.69) is 15.5 Å². The van der Waals surface area contributed by atoms with Crippen LogP contribution in [0.4, 0.5) is 16.2 Å². The zero-order valence-electron chi connectivity index (χ0n) is 16.2. The van der Waals surface area contributed by atoms with Crippen LogP contribution < -0.4 is 15.5 Å². The van der Waals surface area contributed by atoms with Crippen LogP contribution in [0.15, 0.2) is 24.3 Å². The van der Waals surface area contributed by atoms with Crippen LogP contribution in [0.2, 0.25) is 0 Å². The molecule has 3 rings (SSSR count). The van der Waals surface area contributed by atoms with Crippen molar-refractivity contribution >= 4 is 29.3 Å². The van der Waals surface area contributed by atoms with Gasteiger partial charge in [0.1, 0.15) is 0 Å². The Balaban J connectivity index is 1.50. The molecule has 28 heavy (non-hydrogen) atoms. The lowest BCUT2D eigenvalue weighted by molar-refractivity contribution is -0.142. The van der Waals surface area contributed by atoms with Crippen LogP contribution in [0.25, 0.3) is 0 Å². The van der Waals surface area contributed by atoms with Gasteiger partial charge in [-0.3, -0.25) is 9.59 Å². The SMILES string of the molecule is CC(=O)N1CCN(c2cccc(NC(=O)NC3CCC(C(=O)O)CC3)c2)CC1. The number of urea groups is 1. The largest absolute Gasteiger partial charge is 0.481 e. The summed E-state index contributed by atoms with van der Waals surface area (Å²) in [6.07, 6.45) is 2.57. The van der Waals surface area contributed by atoms with Crippen molar-refractivity contribution in [3.63, 3.8) is 0 Å². The zero-order valence-corrected chi connectivity index (χ0v) is 16.2. The Morgan fingerprint density at radius 2 is 1.71 bits per heavy atom. The van der Waals surface area contributed by atoms with Crippen molar-refractivity contribution in [3.8, 4) is 0 Å². The summed E-state index contributed by atoms with van der Waals surface area (Å²) < 4.78 is 0. The molecule has 1 aromatic carbocycles. The smallest absolute Gasteiger partial charge is 0.319 e. The van der Waals surface area contributed by atoms with E-state index < -0.39 is 5.97 Å². The maximum atomic E-state index is 12.3. The summed E-state index contributed by atoms with van der Waals surface area (Å²) in [7, 11) is 0. The van der Waals surface area contributed by atoms with Crippen LogP contribution in [0, 0.1) is 5.92 Å². The first kappa shape index (κ1) is 20.0. The molecular formula is C20H28N4O4. The Labute approximate surface area is 164 Å². The molecule has 3 N–H and O–H groups in total. The van der Waals surface area contributed by atoms with Crippen LogP contribution in [0.1, 0.15) is 32.6 Å². The number of anilines is 2. The first-order valence-electron chi connectivity index (χ1n) is 9.83. The minimum atomic E-state index is -0.746. The normalized spacial score (nSPS) is 22.5. The highest BCUT2D eigenvalue weighted by Crippen LogP contribution is 2.25. The molecular weight excluding hydrogens is 360 g/mol. The quantitative estimate of drug-likeness (QED) is 0.733. The van der Waals surface area contributed by atoms with Crippen molar-refractivity contribution in [2.24, 2.45) is 5.92 Å². The molecule has 8 heteroatoms. The molecule has 1 saturated carbocycles. The van der Waals surface area contributed by atoms with Gasteiger partial charge < -0.3 is 25.5 Å². The number of carboxylic acids is 1. The average molecular weight is 388 g/mol. The molecule has 3 amide bonds. The maximum absolute atomic E-state index is 12.3. The lowest BCUT2D eigenvalue weighted by Crippen LogP contribution is -2.48. The number of amides is 3. The molecule has 1 saturated heterocycles. The number of rotatable bonds is 4. The summed E-state index contributed by atoms with van der Waals surface area (Å²) in [6.45, 7) is 4.52. The third kappa shape index (κ3) is 5.15. The highest BCUT2D eigenvalue weighted by molar-refractivity contribution is 5.90. The molecule has 8 nitrogen and oxygen atoms in total. The molecule has 0 bridgehead atoms. The van der Waals surface area contributed by atoms with Crippen LogP contribution in [0.5, 0.6) is 0 Å². The van der Waals surface area contributed by atoms with Crippen molar-refractivity contribution in [2.45, 2.75) is 38.6 Å². The molecule has 0 radical (unpaired) electrons. The van der Waals surface area contributed by atoms with E-state index >= 15 is 0 Å². The van der Waals surface area contributed by atoms with Gasteiger partial charge in [-0.15, -0.1) is 0 Å². The van der Waals surface area contributed by atoms with Crippen molar-refractivity contribution in [3.05, 3.63) is 24.3 Å². The predicted octanol–water partition coefficient (Wildman–Crippen LogP) is 2.12. The van der Waals surface area contributed by atoms with E-state index in [1.54, 1.807) is 6.92 Å². The van der Waals surface area contributed by atoms with E-state index in [0.29, 0.717) is 44.5 Å². The first-order chi connectivity index (χ1) is 13.4. The van der Waals surface area contributed by atoms with Crippen molar-refractivity contribution in [1.82, 2.24) is 10.2 Å². The van der Waals surface area contributed by atoms with E-state index in [0.717, 1.165) is 18.8 Å².